The predicted octanol–water partition coefficient (Wildman–Crippen LogP) is 6.55. The van der Waals surface area contributed by atoms with Crippen LogP contribution in [-0.4, -0.2) is 16.5 Å². The van der Waals surface area contributed by atoms with Crippen molar-refractivity contribution >= 4 is 24.8 Å². The third-order valence-electron chi connectivity index (χ3n) is 6.10. The van der Waals surface area contributed by atoms with Crippen molar-refractivity contribution in [2.24, 2.45) is 0 Å². The summed E-state index contributed by atoms with van der Waals surface area (Å²) in [4.78, 5) is 12.1. The van der Waals surface area contributed by atoms with Crippen molar-refractivity contribution in [2.45, 2.75) is 79.1 Å². The molecule has 0 bridgehead atoms. The van der Waals surface area contributed by atoms with Gasteiger partial charge in [0.1, 0.15) is 17.8 Å². The van der Waals surface area contributed by atoms with Gasteiger partial charge in [0.2, 0.25) is 0 Å². The predicted molar refractivity (Wildman–Crippen MR) is 141 cm³/mol. The number of hydrogen-bond donors (Lipinski definition) is 2. The van der Waals surface area contributed by atoms with E-state index in [9.17, 15) is 15.0 Å². The lowest BCUT2D eigenvalue weighted by Crippen LogP contribution is -2.23. The first-order valence-electron chi connectivity index (χ1n) is 11.6. The van der Waals surface area contributed by atoms with Gasteiger partial charge in [-0.1, -0.05) is 65.8 Å². The Bertz CT molecular complexity index is 1070. The summed E-state index contributed by atoms with van der Waals surface area (Å²) in [6.45, 7) is 16.6. The van der Waals surface area contributed by atoms with Crippen LogP contribution in [0.5, 0.6) is 11.5 Å². The largest absolute Gasteiger partial charge is 0.507 e. The number of allylic oxidation sites excluding steroid dienone is 4. The summed E-state index contributed by atoms with van der Waals surface area (Å²) in [6, 6.07) is 8.11. The topological polar surface area (TPSA) is 57.5 Å². The maximum Gasteiger partial charge on any atom is 0.150 e. The van der Waals surface area contributed by atoms with Crippen LogP contribution in [-0.2, 0) is 15.6 Å². The first-order chi connectivity index (χ1) is 15.3. The number of aromatic hydroxyl groups is 2. The number of carbonyl (C=O) groups is 1. The monoisotopic (exact) mass is 464 g/mol. The lowest BCUT2D eigenvalue weighted by molar-refractivity contribution is -0.104. The fourth-order valence-electron chi connectivity index (χ4n) is 4.40. The van der Waals surface area contributed by atoms with E-state index in [1.165, 1.54) is 0 Å². The maximum absolute atomic E-state index is 12.1. The highest BCUT2D eigenvalue weighted by Crippen LogP contribution is 2.53. The molecule has 2 aromatic rings. The van der Waals surface area contributed by atoms with E-state index < -0.39 is 7.92 Å². The lowest BCUT2D eigenvalue weighted by Gasteiger charge is -2.31. The van der Waals surface area contributed by atoms with Gasteiger partial charge in [-0.3, -0.25) is 4.79 Å². The normalized spacial score (nSPS) is 14.8. The Morgan fingerprint density at radius 3 is 1.58 bits per heavy atom. The van der Waals surface area contributed by atoms with Gasteiger partial charge in [0.25, 0.3) is 0 Å². The third-order valence-corrected chi connectivity index (χ3v) is 8.67. The molecule has 1 aliphatic rings. The van der Waals surface area contributed by atoms with Gasteiger partial charge in [-0.05, 0) is 74.0 Å². The van der Waals surface area contributed by atoms with E-state index in [0.29, 0.717) is 5.57 Å². The summed E-state index contributed by atoms with van der Waals surface area (Å²) < 4.78 is 0. The van der Waals surface area contributed by atoms with Crippen LogP contribution in [0, 0.1) is 13.8 Å². The minimum atomic E-state index is -1.35. The molecule has 3 rings (SSSR count). The van der Waals surface area contributed by atoms with Crippen molar-refractivity contribution in [1.29, 1.82) is 0 Å². The van der Waals surface area contributed by atoms with E-state index in [-0.39, 0.29) is 22.3 Å². The Morgan fingerprint density at radius 1 is 0.758 bits per heavy atom. The Labute approximate surface area is 200 Å². The fraction of sp³-hybridized carbons (Fsp3) is 0.414. The first kappa shape index (κ1) is 25.2. The summed E-state index contributed by atoms with van der Waals surface area (Å²) >= 11 is 0. The van der Waals surface area contributed by atoms with Crippen LogP contribution in [0.2, 0.25) is 0 Å². The number of phenols is 2. The molecule has 2 N–H and O–H groups in total. The van der Waals surface area contributed by atoms with Crippen LogP contribution < -0.4 is 10.6 Å². The second-order valence-corrected chi connectivity index (χ2v) is 13.3. The molecule has 0 atom stereocenters. The summed E-state index contributed by atoms with van der Waals surface area (Å²) in [5, 5.41) is 25.6. The van der Waals surface area contributed by atoms with Crippen molar-refractivity contribution in [3.63, 3.8) is 0 Å². The molecule has 176 valence electrons. The number of rotatable bonds is 4. The van der Waals surface area contributed by atoms with E-state index in [1.807, 2.05) is 44.2 Å². The average Bonchev–Trinajstić information content (AvgIpc) is 2.71. The van der Waals surface area contributed by atoms with Crippen LogP contribution in [0.3, 0.4) is 0 Å². The molecule has 0 amide bonds. The summed E-state index contributed by atoms with van der Waals surface area (Å²) in [5.41, 5.74) is 4.02. The van der Waals surface area contributed by atoms with Gasteiger partial charge >= 0.3 is 0 Å². The molecule has 0 radical (unpaired) electrons. The molecule has 2 aromatic carbocycles. The van der Waals surface area contributed by atoms with E-state index in [2.05, 4.69) is 47.6 Å². The third kappa shape index (κ3) is 5.09. The van der Waals surface area contributed by atoms with Crippen LogP contribution in [0.4, 0.5) is 0 Å². The molecule has 33 heavy (non-hydrogen) atoms. The summed E-state index contributed by atoms with van der Waals surface area (Å²) in [6.07, 6.45) is 6.66. The van der Waals surface area contributed by atoms with Gasteiger partial charge in [-0.25, -0.2) is 0 Å². The van der Waals surface area contributed by atoms with E-state index >= 15 is 0 Å². The lowest BCUT2D eigenvalue weighted by atomic mass is 9.85. The van der Waals surface area contributed by atoms with Gasteiger partial charge in [-0.15, -0.1) is 0 Å². The van der Waals surface area contributed by atoms with Gasteiger partial charge in [0, 0.05) is 27.3 Å². The molecule has 0 aromatic heterocycles. The van der Waals surface area contributed by atoms with Gasteiger partial charge in [0.15, 0.2) is 0 Å². The second kappa shape index (κ2) is 9.11. The molecule has 0 fully saturated rings. The molecule has 0 spiro atoms. The summed E-state index contributed by atoms with van der Waals surface area (Å²) in [7, 11) is -1.35. The second-order valence-electron chi connectivity index (χ2n) is 11.1. The van der Waals surface area contributed by atoms with E-state index in [4.69, 9.17) is 0 Å². The van der Waals surface area contributed by atoms with Crippen molar-refractivity contribution in [2.75, 3.05) is 0 Å². The minimum absolute atomic E-state index is 0.249. The number of benzene rings is 2. The molecular formula is C29H37O3P. The van der Waals surface area contributed by atoms with E-state index in [1.54, 1.807) is 0 Å². The molecule has 0 unspecified atom stereocenters. The average molecular weight is 465 g/mol. The van der Waals surface area contributed by atoms with Crippen LogP contribution in [0.25, 0.3) is 0 Å². The number of phenolic OH excluding ortho intramolecular Hbond substituents is 2. The maximum atomic E-state index is 12.1. The number of hydrogen-bond acceptors (Lipinski definition) is 3. The Kier molecular flexibility index (Phi) is 6.97. The van der Waals surface area contributed by atoms with Crippen molar-refractivity contribution in [3.8, 4) is 11.5 Å². The zero-order valence-corrected chi connectivity index (χ0v) is 22.1. The first-order valence-corrected chi connectivity index (χ1v) is 12.9. The zero-order chi connectivity index (χ0) is 24.7. The summed E-state index contributed by atoms with van der Waals surface area (Å²) in [5.74, 6) is 0.517. The van der Waals surface area contributed by atoms with Crippen LogP contribution in [0.1, 0.15) is 76.6 Å². The molecule has 0 heterocycles. The highest BCUT2D eigenvalue weighted by Gasteiger charge is 2.33. The van der Waals surface area contributed by atoms with Gasteiger partial charge < -0.3 is 10.2 Å². The van der Waals surface area contributed by atoms with Crippen LogP contribution >= 0.6 is 7.92 Å². The quantitative estimate of drug-likeness (QED) is 0.399. The Hall–Kier alpha value is -2.38. The zero-order valence-electron chi connectivity index (χ0n) is 21.2. The van der Waals surface area contributed by atoms with Crippen molar-refractivity contribution in [1.82, 2.24) is 0 Å². The Balaban J connectivity index is 2.43. The number of aryl methyl sites for hydroxylation is 2. The fourth-order valence-corrected chi connectivity index (χ4v) is 7.23. The van der Waals surface area contributed by atoms with Crippen molar-refractivity contribution < 1.29 is 15.0 Å². The van der Waals surface area contributed by atoms with Gasteiger partial charge in [0.05, 0.1) is 0 Å². The molecule has 0 aliphatic heterocycles. The Morgan fingerprint density at radius 2 is 1.18 bits per heavy atom. The number of carbonyl (C=O) groups excluding carboxylic acids is 1. The molecule has 3 nitrogen and oxygen atoms in total. The smallest absolute Gasteiger partial charge is 0.150 e. The van der Waals surface area contributed by atoms with Crippen LogP contribution in [0.15, 0.2) is 47.3 Å². The molecule has 4 heteroatoms. The van der Waals surface area contributed by atoms with Crippen molar-refractivity contribution in [3.05, 3.63) is 69.6 Å². The number of aldehydes is 1. The molecule has 0 saturated carbocycles. The standard InChI is InChI=1S/C29H37O3P/c1-18-13-21(28(3,4)5)26(31)24(15-18)33(23-12-10-9-11-20(23)17-30)25-16-19(2)14-22(27(25)32)29(6,7)8/h11-17,31-32H,9-10H2,1-8H3. The van der Waals surface area contributed by atoms with E-state index in [0.717, 1.165) is 57.3 Å². The molecular weight excluding hydrogens is 427 g/mol. The highest BCUT2D eigenvalue weighted by molar-refractivity contribution is 7.77. The molecule has 0 saturated heterocycles. The van der Waals surface area contributed by atoms with Gasteiger partial charge in [-0.2, -0.15) is 0 Å². The highest BCUT2D eigenvalue weighted by atomic mass is 31.1. The minimum Gasteiger partial charge on any atom is -0.507 e. The molecule has 1 aliphatic carbocycles. The SMILES string of the molecule is Cc1cc(P(C2=CCCC=C2C=O)c2cc(C)cc(C(C)(C)C)c2O)c(O)c(C(C)(C)C)c1.